The van der Waals surface area contributed by atoms with Crippen LogP contribution >= 0.6 is 0 Å². The highest BCUT2D eigenvalue weighted by Gasteiger charge is 2.27. The molecule has 0 spiro atoms. The van der Waals surface area contributed by atoms with E-state index >= 15 is 0 Å². The first-order valence-electron chi connectivity index (χ1n) is 7.40. The first-order chi connectivity index (χ1) is 10.1. The zero-order valence-electron chi connectivity index (χ0n) is 12.9. The number of likely N-dealkylation sites (tertiary alicyclic amines) is 1. The molecule has 2 heterocycles. The fourth-order valence-corrected chi connectivity index (χ4v) is 2.81. The molecule has 5 nitrogen and oxygen atoms in total. The van der Waals surface area contributed by atoms with Crippen LogP contribution in [0.5, 0.6) is 0 Å². The summed E-state index contributed by atoms with van der Waals surface area (Å²) in [6, 6.07) is 8.76. The van der Waals surface area contributed by atoms with E-state index in [1.165, 1.54) is 11.3 Å². The van der Waals surface area contributed by atoms with E-state index in [1.54, 1.807) is 0 Å². The standard InChI is InChI=1S/C16H22N4O/c1-12-17-18-16(21-12)14-8-9-20(11-14)10-13-4-6-15(7-5-13)19(2)3/h4-7,14H,8-11H2,1-3H3. The molecule has 112 valence electrons. The van der Waals surface area contributed by atoms with E-state index in [0.717, 1.165) is 31.9 Å². The molecule has 1 saturated heterocycles. The third kappa shape index (κ3) is 3.24. The van der Waals surface area contributed by atoms with Gasteiger partial charge in [0.2, 0.25) is 11.8 Å². The van der Waals surface area contributed by atoms with Crippen LogP contribution in [-0.2, 0) is 6.54 Å². The zero-order valence-corrected chi connectivity index (χ0v) is 12.9. The number of benzene rings is 1. The number of aromatic nitrogens is 2. The molecule has 0 amide bonds. The molecule has 3 rings (SSSR count). The van der Waals surface area contributed by atoms with Crippen LogP contribution in [-0.4, -0.2) is 42.3 Å². The summed E-state index contributed by atoms with van der Waals surface area (Å²) in [4.78, 5) is 4.57. The van der Waals surface area contributed by atoms with Crippen molar-refractivity contribution < 1.29 is 4.42 Å². The van der Waals surface area contributed by atoms with Crippen LogP contribution in [0.2, 0.25) is 0 Å². The van der Waals surface area contributed by atoms with Crippen molar-refractivity contribution >= 4 is 5.69 Å². The van der Waals surface area contributed by atoms with Crippen molar-refractivity contribution in [2.75, 3.05) is 32.1 Å². The normalized spacial score (nSPS) is 19.1. The zero-order chi connectivity index (χ0) is 14.8. The molecule has 1 aliphatic rings. The van der Waals surface area contributed by atoms with E-state index in [4.69, 9.17) is 4.42 Å². The second-order valence-electron chi connectivity index (χ2n) is 5.94. The monoisotopic (exact) mass is 286 g/mol. The maximum atomic E-state index is 5.55. The van der Waals surface area contributed by atoms with Gasteiger partial charge in [-0.25, -0.2) is 0 Å². The van der Waals surface area contributed by atoms with Gasteiger partial charge in [0.15, 0.2) is 0 Å². The molecule has 1 unspecified atom stereocenters. The summed E-state index contributed by atoms with van der Waals surface area (Å²) in [6.07, 6.45) is 1.09. The van der Waals surface area contributed by atoms with Gasteiger partial charge in [0.1, 0.15) is 0 Å². The first kappa shape index (κ1) is 14.1. The van der Waals surface area contributed by atoms with Gasteiger partial charge in [0.05, 0.1) is 5.92 Å². The number of nitrogens with zero attached hydrogens (tertiary/aromatic N) is 4. The molecule has 0 bridgehead atoms. The van der Waals surface area contributed by atoms with Gasteiger partial charge in [-0.2, -0.15) is 0 Å². The largest absolute Gasteiger partial charge is 0.425 e. The van der Waals surface area contributed by atoms with Crippen molar-refractivity contribution in [3.8, 4) is 0 Å². The van der Waals surface area contributed by atoms with Crippen molar-refractivity contribution in [3.63, 3.8) is 0 Å². The van der Waals surface area contributed by atoms with Crippen LogP contribution in [0.15, 0.2) is 28.7 Å². The van der Waals surface area contributed by atoms with Crippen molar-refractivity contribution in [1.82, 2.24) is 15.1 Å². The van der Waals surface area contributed by atoms with Gasteiger partial charge >= 0.3 is 0 Å². The molecule has 2 aromatic rings. The Balaban J connectivity index is 1.59. The van der Waals surface area contributed by atoms with E-state index in [2.05, 4.69) is 58.4 Å². The Labute approximate surface area is 125 Å². The fourth-order valence-electron chi connectivity index (χ4n) is 2.81. The molecule has 5 heteroatoms. The Morgan fingerprint density at radius 1 is 1.24 bits per heavy atom. The highest BCUT2D eigenvalue weighted by Crippen LogP contribution is 2.27. The fraction of sp³-hybridized carbons (Fsp3) is 0.500. The number of anilines is 1. The van der Waals surface area contributed by atoms with E-state index < -0.39 is 0 Å². The lowest BCUT2D eigenvalue weighted by Crippen LogP contribution is -2.20. The summed E-state index contributed by atoms with van der Waals surface area (Å²) >= 11 is 0. The smallest absolute Gasteiger partial charge is 0.220 e. The number of hydrogen-bond acceptors (Lipinski definition) is 5. The topological polar surface area (TPSA) is 45.4 Å². The SMILES string of the molecule is Cc1nnc(C2CCN(Cc3ccc(N(C)C)cc3)C2)o1. The molecule has 21 heavy (non-hydrogen) atoms. The molecule has 0 aliphatic carbocycles. The van der Waals surface area contributed by atoms with Crippen LogP contribution in [0.3, 0.4) is 0 Å². The van der Waals surface area contributed by atoms with Gasteiger partial charge in [0, 0.05) is 39.8 Å². The number of rotatable bonds is 4. The van der Waals surface area contributed by atoms with Crippen LogP contribution in [0, 0.1) is 6.92 Å². The minimum absolute atomic E-state index is 0.382. The highest BCUT2D eigenvalue weighted by atomic mass is 16.4. The molecular formula is C16H22N4O. The van der Waals surface area contributed by atoms with Gasteiger partial charge in [0.25, 0.3) is 0 Å². The second-order valence-corrected chi connectivity index (χ2v) is 5.94. The minimum atomic E-state index is 0.382. The van der Waals surface area contributed by atoms with E-state index in [9.17, 15) is 0 Å². The Morgan fingerprint density at radius 3 is 2.62 bits per heavy atom. The van der Waals surface area contributed by atoms with Gasteiger partial charge in [-0.15, -0.1) is 10.2 Å². The quantitative estimate of drug-likeness (QED) is 0.864. The summed E-state index contributed by atoms with van der Waals surface area (Å²) in [7, 11) is 4.12. The molecular weight excluding hydrogens is 264 g/mol. The van der Waals surface area contributed by atoms with Crippen molar-refractivity contribution in [1.29, 1.82) is 0 Å². The summed E-state index contributed by atoms with van der Waals surface area (Å²) in [5, 5.41) is 8.08. The first-order valence-corrected chi connectivity index (χ1v) is 7.40. The third-order valence-corrected chi connectivity index (χ3v) is 4.02. The second kappa shape index (κ2) is 5.85. The molecule has 0 saturated carbocycles. The maximum absolute atomic E-state index is 5.55. The average Bonchev–Trinajstić information content (AvgIpc) is 3.08. The lowest BCUT2D eigenvalue weighted by atomic mass is 10.1. The average molecular weight is 286 g/mol. The molecule has 0 radical (unpaired) electrons. The van der Waals surface area contributed by atoms with Gasteiger partial charge in [-0.1, -0.05) is 12.1 Å². The highest BCUT2D eigenvalue weighted by molar-refractivity contribution is 5.45. The Morgan fingerprint density at radius 2 is 2.00 bits per heavy atom. The molecule has 1 aliphatic heterocycles. The van der Waals surface area contributed by atoms with E-state index in [0.29, 0.717) is 11.8 Å². The van der Waals surface area contributed by atoms with E-state index in [1.807, 2.05) is 6.92 Å². The van der Waals surface area contributed by atoms with Crippen molar-refractivity contribution in [3.05, 3.63) is 41.6 Å². The van der Waals surface area contributed by atoms with E-state index in [-0.39, 0.29) is 0 Å². The molecule has 0 N–H and O–H groups in total. The molecule has 1 fully saturated rings. The molecule has 1 aromatic carbocycles. The van der Waals surface area contributed by atoms with Gasteiger partial charge in [-0.05, 0) is 30.7 Å². The summed E-state index contributed by atoms with van der Waals surface area (Å²) in [5.74, 6) is 1.83. The summed E-state index contributed by atoms with van der Waals surface area (Å²) in [5.41, 5.74) is 2.59. The summed E-state index contributed by atoms with van der Waals surface area (Å²) in [6.45, 7) is 4.91. The molecule has 1 atom stereocenters. The van der Waals surface area contributed by atoms with Crippen molar-refractivity contribution in [2.45, 2.75) is 25.8 Å². The van der Waals surface area contributed by atoms with Crippen molar-refractivity contribution in [2.24, 2.45) is 0 Å². The van der Waals surface area contributed by atoms with Gasteiger partial charge < -0.3 is 9.32 Å². The number of hydrogen-bond donors (Lipinski definition) is 0. The van der Waals surface area contributed by atoms with Gasteiger partial charge in [-0.3, -0.25) is 4.90 Å². The predicted octanol–water partition coefficient (Wildman–Crippen LogP) is 2.43. The lowest BCUT2D eigenvalue weighted by Gasteiger charge is -2.17. The minimum Gasteiger partial charge on any atom is -0.425 e. The summed E-state index contributed by atoms with van der Waals surface area (Å²) < 4.78 is 5.55. The predicted molar refractivity (Wildman–Crippen MR) is 82.4 cm³/mol. The van der Waals surface area contributed by atoms with Crippen LogP contribution in [0.4, 0.5) is 5.69 Å². The Kier molecular flexibility index (Phi) is 3.92. The van der Waals surface area contributed by atoms with Crippen LogP contribution in [0.25, 0.3) is 0 Å². The molecule has 1 aromatic heterocycles. The maximum Gasteiger partial charge on any atom is 0.220 e. The third-order valence-electron chi connectivity index (χ3n) is 4.02. The lowest BCUT2D eigenvalue weighted by molar-refractivity contribution is 0.319. The van der Waals surface area contributed by atoms with Crippen LogP contribution < -0.4 is 4.90 Å². The van der Waals surface area contributed by atoms with Crippen LogP contribution in [0.1, 0.15) is 29.7 Å². The Hall–Kier alpha value is -1.88. The Bertz CT molecular complexity index is 591. The number of aryl methyl sites for hydroxylation is 1.